The lowest BCUT2D eigenvalue weighted by Crippen LogP contribution is -2.09. The number of methoxy groups -OCH3 is 1. The second-order valence-electron chi connectivity index (χ2n) is 9.24. The second-order valence-corrected chi connectivity index (χ2v) is 9.24. The topological polar surface area (TPSA) is 65.0 Å². The number of carbonyl (C=O) groups excluding carboxylic acids is 1. The highest BCUT2D eigenvalue weighted by Crippen LogP contribution is 2.34. The summed E-state index contributed by atoms with van der Waals surface area (Å²) in [7, 11) is 1.55. The third-order valence-corrected chi connectivity index (χ3v) is 5.70. The number of phenols is 1. The molecule has 0 aliphatic rings. The predicted molar refractivity (Wildman–Crippen MR) is 144 cm³/mol. The summed E-state index contributed by atoms with van der Waals surface area (Å²) in [6.07, 6.45) is 22.7. The third-order valence-electron chi connectivity index (χ3n) is 5.70. The Hall–Kier alpha value is -2.43. The highest BCUT2D eigenvalue weighted by Gasteiger charge is 2.14. The zero-order valence-corrected chi connectivity index (χ0v) is 22.5. The van der Waals surface area contributed by atoms with Gasteiger partial charge in [0.25, 0.3) is 0 Å². The molecule has 0 amide bonds. The maximum absolute atomic E-state index is 12.0. The molecule has 35 heavy (non-hydrogen) atoms. The van der Waals surface area contributed by atoms with Gasteiger partial charge in [0.05, 0.1) is 19.8 Å². The molecular weight excluding hydrogens is 440 g/mol. The van der Waals surface area contributed by atoms with E-state index in [2.05, 4.69) is 31.2 Å². The average Bonchev–Trinajstić information content (AvgIpc) is 2.82. The van der Waals surface area contributed by atoms with E-state index < -0.39 is 0 Å². The summed E-state index contributed by atoms with van der Waals surface area (Å²) in [4.78, 5) is 12.0. The van der Waals surface area contributed by atoms with Gasteiger partial charge in [0.2, 0.25) is 0 Å². The summed E-state index contributed by atoms with van der Waals surface area (Å²) >= 11 is 0. The van der Waals surface area contributed by atoms with Gasteiger partial charge in [-0.05, 0) is 52.4 Å². The molecule has 1 aromatic rings. The van der Waals surface area contributed by atoms with Crippen LogP contribution in [0, 0.1) is 0 Å². The Kier molecular flexibility index (Phi) is 17.3. The number of benzene rings is 1. The van der Waals surface area contributed by atoms with Crippen molar-refractivity contribution in [3.63, 3.8) is 0 Å². The first-order chi connectivity index (χ1) is 17.0. The van der Waals surface area contributed by atoms with E-state index in [0.717, 1.165) is 32.1 Å². The van der Waals surface area contributed by atoms with Crippen LogP contribution in [0.3, 0.4) is 0 Å². The third kappa shape index (κ3) is 15.2. The summed E-state index contributed by atoms with van der Waals surface area (Å²) in [5, 5.41) is 10.3. The normalized spacial score (nSPS) is 11.6. The fraction of sp³-hybridized carbons (Fsp3) is 0.633. The number of hydrogen-bond donors (Lipinski definition) is 1. The first kappa shape index (κ1) is 30.6. The largest absolute Gasteiger partial charge is 0.507 e. The molecule has 5 nitrogen and oxygen atoms in total. The molecule has 0 fully saturated rings. The summed E-state index contributed by atoms with van der Waals surface area (Å²) < 4.78 is 16.4. The molecular formula is C30H48O5. The van der Waals surface area contributed by atoms with Gasteiger partial charge in [0.15, 0.2) is 0 Å². The maximum atomic E-state index is 12.0. The fourth-order valence-electron chi connectivity index (χ4n) is 3.80. The van der Waals surface area contributed by atoms with E-state index in [1.165, 1.54) is 38.5 Å². The number of carbonyl (C=O) groups is 1. The van der Waals surface area contributed by atoms with E-state index in [1.807, 2.05) is 13.8 Å². The molecule has 0 spiro atoms. The van der Waals surface area contributed by atoms with Crippen molar-refractivity contribution in [3.05, 3.63) is 42.0 Å². The van der Waals surface area contributed by atoms with Crippen LogP contribution in [-0.4, -0.2) is 30.9 Å². The zero-order chi connectivity index (χ0) is 25.7. The van der Waals surface area contributed by atoms with Crippen molar-refractivity contribution < 1.29 is 24.1 Å². The maximum Gasteiger partial charge on any atom is 0.305 e. The standard InChI is InChI=1S/C30H48O5/c1-5-6-7-8-9-10-11-12-13-14-15-16-17-18-19-20-30(32)34-22-21-27-28(31)23-26(35-25(2)3)24-29(27)33-4/h9-10,12-13,23-25,31H,5-8,11,14-22H2,1-4H3/b10-9-,13-12-. The molecule has 198 valence electrons. The van der Waals surface area contributed by atoms with Gasteiger partial charge in [-0.3, -0.25) is 4.79 Å². The van der Waals surface area contributed by atoms with Crippen molar-refractivity contribution in [1.82, 2.24) is 0 Å². The molecule has 0 aliphatic carbocycles. The molecule has 0 bridgehead atoms. The van der Waals surface area contributed by atoms with Gasteiger partial charge < -0.3 is 19.3 Å². The summed E-state index contributed by atoms with van der Waals surface area (Å²) in [5.74, 6) is 0.987. The SMILES string of the molecule is CCCCC/C=C\C/C=C\CCCCCCCC(=O)OCCc1c(O)cc(OC(C)C)cc1OC. The van der Waals surface area contributed by atoms with Gasteiger partial charge in [0, 0.05) is 30.5 Å². The zero-order valence-electron chi connectivity index (χ0n) is 22.5. The van der Waals surface area contributed by atoms with Crippen LogP contribution in [0.5, 0.6) is 17.2 Å². The van der Waals surface area contributed by atoms with Crippen LogP contribution in [0.4, 0.5) is 0 Å². The van der Waals surface area contributed by atoms with Gasteiger partial charge >= 0.3 is 5.97 Å². The van der Waals surface area contributed by atoms with Crippen LogP contribution in [0.2, 0.25) is 0 Å². The summed E-state index contributed by atoms with van der Waals surface area (Å²) in [6.45, 7) is 6.29. The van der Waals surface area contributed by atoms with Crippen molar-refractivity contribution in [2.75, 3.05) is 13.7 Å². The van der Waals surface area contributed by atoms with E-state index >= 15 is 0 Å². The first-order valence-electron chi connectivity index (χ1n) is 13.5. The van der Waals surface area contributed by atoms with Gasteiger partial charge in [-0.15, -0.1) is 0 Å². The lowest BCUT2D eigenvalue weighted by molar-refractivity contribution is -0.143. The highest BCUT2D eigenvalue weighted by molar-refractivity contribution is 5.69. The van der Waals surface area contributed by atoms with Crippen molar-refractivity contribution in [1.29, 1.82) is 0 Å². The Morgan fingerprint density at radius 1 is 0.943 bits per heavy atom. The average molecular weight is 489 g/mol. The molecule has 0 saturated heterocycles. The molecule has 0 aliphatic heterocycles. The Labute approximate surface area is 213 Å². The van der Waals surface area contributed by atoms with Gasteiger partial charge in [-0.1, -0.05) is 63.3 Å². The molecule has 0 heterocycles. The van der Waals surface area contributed by atoms with Crippen molar-refractivity contribution >= 4 is 5.97 Å². The van der Waals surface area contributed by atoms with Crippen LogP contribution in [0.15, 0.2) is 36.4 Å². The van der Waals surface area contributed by atoms with E-state index in [4.69, 9.17) is 14.2 Å². The number of aromatic hydroxyl groups is 1. The molecule has 0 saturated carbocycles. The van der Waals surface area contributed by atoms with Crippen LogP contribution in [-0.2, 0) is 16.0 Å². The Morgan fingerprint density at radius 2 is 1.60 bits per heavy atom. The number of rotatable bonds is 20. The van der Waals surface area contributed by atoms with Gasteiger partial charge in [-0.2, -0.15) is 0 Å². The van der Waals surface area contributed by atoms with Crippen molar-refractivity contribution in [3.8, 4) is 17.2 Å². The predicted octanol–water partition coefficient (Wildman–Crippen LogP) is 8.09. The number of allylic oxidation sites excluding steroid dienone is 4. The quantitative estimate of drug-likeness (QED) is 0.114. The van der Waals surface area contributed by atoms with Crippen molar-refractivity contribution in [2.24, 2.45) is 0 Å². The van der Waals surface area contributed by atoms with E-state index in [-0.39, 0.29) is 24.4 Å². The van der Waals surface area contributed by atoms with Gasteiger partial charge in [-0.25, -0.2) is 0 Å². The molecule has 0 radical (unpaired) electrons. The smallest absolute Gasteiger partial charge is 0.305 e. The lowest BCUT2D eigenvalue weighted by atomic mass is 10.1. The first-order valence-corrected chi connectivity index (χ1v) is 13.5. The molecule has 0 aromatic heterocycles. The molecule has 0 unspecified atom stereocenters. The summed E-state index contributed by atoms with van der Waals surface area (Å²) in [6, 6.07) is 3.32. The number of esters is 1. The summed E-state index contributed by atoms with van der Waals surface area (Å²) in [5.41, 5.74) is 0.619. The lowest BCUT2D eigenvalue weighted by Gasteiger charge is -2.15. The Bertz CT molecular complexity index is 751. The number of hydrogen-bond acceptors (Lipinski definition) is 5. The molecule has 1 aromatic carbocycles. The minimum absolute atomic E-state index is 0.000115. The number of ether oxygens (including phenoxy) is 3. The van der Waals surface area contributed by atoms with Crippen LogP contribution in [0.1, 0.15) is 103 Å². The monoisotopic (exact) mass is 488 g/mol. The van der Waals surface area contributed by atoms with Crippen LogP contribution in [0.25, 0.3) is 0 Å². The minimum atomic E-state index is -0.186. The molecule has 0 atom stereocenters. The minimum Gasteiger partial charge on any atom is -0.507 e. The Balaban J connectivity index is 2.10. The van der Waals surface area contributed by atoms with E-state index in [0.29, 0.717) is 29.9 Å². The molecule has 5 heteroatoms. The van der Waals surface area contributed by atoms with E-state index in [9.17, 15) is 9.90 Å². The van der Waals surface area contributed by atoms with Gasteiger partial charge in [0.1, 0.15) is 17.2 Å². The molecule has 1 rings (SSSR count). The highest BCUT2D eigenvalue weighted by atomic mass is 16.5. The van der Waals surface area contributed by atoms with Crippen molar-refractivity contribution in [2.45, 2.75) is 110 Å². The fourth-order valence-corrected chi connectivity index (χ4v) is 3.80. The van der Waals surface area contributed by atoms with Crippen LogP contribution >= 0.6 is 0 Å². The number of unbranched alkanes of at least 4 members (excludes halogenated alkanes) is 8. The second kappa shape index (κ2) is 19.8. The molecule has 1 N–H and O–H groups in total. The van der Waals surface area contributed by atoms with Crippen LogP contribution < -0.4 is 9.47 Å². The Morgan fingerprint density at radius 3 is 2.26 bits per heavy atom. The number of phenolic OH excluding ortho intramolecular Hbond substituents is 1. The van der Waals surface area contributed by atoms with E-state index in [1.54, 1.807) is 19.2 Å².